The molecule has 2 aromatic carbocycles. The second-order valence-corrected chi connectivity index (χ2v) is 5.99. The molecule has 0 aromatic heterocycles. The van der Waals surface area contributed by atoms with Gasteiger partial charge < -0.3 is 10.6 Å². The molecule has 5 heteroatoms. The van der Waals surface area contributed by atoms with Gasteiger partial charge in [-0.05, 0) is 49.2 Å². The molecular formula is C18H20ClFN2O. The van der Waals surface area contributed by atoms with Crippen LogP contribution in [0.15, 0.2) is 42.5 Å². The molecule has 2 N–H and O–H groups in total. The molecule has 2 aromatic rings. The van der Waals surface area contributed by atoms with E-state index in [2.05, 4.69) is 10.6 Å². The molecule has 0 aliphatic heterocycles. The molecule has 2 rings (SSSR count). The fourth-order valence-electron chi connectivity index (χ4n) is 2.50. The smallest absolute Gasteiger partial charge is 0.221 e. The molecule has 23 heavy (non-hydrogen) atoms. The largest absolute Gasteiger partial charge is 0.326 e. The normalized spacial score (nSPS) is 13.4. The van der Waals surface area contributed by atoms with Crippen molar-refractivity contribution in [3.05, 3.63) is 64.4 Å². The average Bonchev–Trinajstić information content (AvgIpc) is 2.46. The van der Waals surface area contributed by atoms with Crippen molar-refractivity contribution in [1.82, 2.24) is 5.32 Å². The van der Waals surface area contributed by atoms with Crippen LogP contribution in [0, 0.1) is 5.82 Å². The Morgan fingerprint density at radius 3 is 2.52 bits per heavy atom. The van der Waals surface area contributed by atoms with E-state index in [-0.39, 0.29) is 23.8 Å². The first-order chi connectivity index (χ1) is 10.9. The maximum atomic E-state index is 13.1. The van der Waals surface area contributed by atoms with Gasteiger partial charge in [0.1, 0.15) is 5.82 Å². The maximum Gasteiger partial charge on any atom is 0.221 e. The number of carbonyl (C=O) groups excluding carboxylic acids is 1. The molecule has 3 nitrogen and oxygen atoms in total. The van der Waals surface area contributed by atoms with Gasteiger partial charge in [-0.15, -0.1) is 0 Å². The molecule has 1 amide bonds. The van der Waals surface area contributed by atoms with Gasteiger partial charge in [0.15, 0.2) is 0 Å². The molecule has 2 unspecified atom stereocenters. The van der Waals surface area contributed by atoms with Crippen LogP contribution in [-0.4, -0.2) is 5.91 Å². The summed E-state index contributed by atoms with van der Waals surface area (Å²) in [6.45, 7) is 5.49. The molecule has 0 bridgehead atoms. The van der Waals surface area contributed by atoms with E-state index < -0.39 is 0 Å². The van der Waals surface area contributed by atoms with Crippen LogP contribution in [0.4, 0.5) is 10.1 Å². The van der Waals surface area contributed by atoms with E-state index in [0.717, 1.165) is 16.8 Å². The summed E-state index contributed by atoms with van der Waals surface area (Å²) in [5.41, 5.74) is 2.65. The lowest BCUT2D eigenvalue weighted by molar-refractivity contribution is -0.114. The topological polar surface area (TPSA) is 41.1 Å². The SMILES string of the molecule is CC(=O)Nc1cccc(C(C)NC(C)c2ccc(F)cc2Cl)c1. The number of amides is 1. The Bertz CT molecular complexity index is 705. The van der Waals surface area contributed by atoms with Gasteiger partial charge in [-0.25, -0.2) is 4.39 Å². The summed E-state index contributed by atoms with van der Waals surface area (Å²) in [6.07, 6.45) is 0. The fraction of sp³-hybridized carbons (Fsp3) is 0.278. The predicted molar refractivity (Wildman–Crippen MR) is 92.1 cm³/mol. The Morgan fingerprint density at radius 1 is 1.13 bits per heavy atom. The first-order valence-corrected chi connectivity index (χ1v) is 7.83. The third kappa shape index (κ3) is 4.78. The van der Waals surface area contributed by atoms with Crippen molar-refractivity contribution in [3.63, 3.8) is 0 Å². The third-order valence-electron chi connectivity index (χ3n) is 3.64. The number of rotatable bonds is 5. The Hall–Kier alpha value is -1.91. The minimum atomic E-state index is -0.345. The number of anilines is 1. The predicted octanol–water partition coefficient (Wildman–Crippen LogP) is 4.85. The van der Waals surface area contributed by atoms with Crippen LogP contribution in [0.3, 0.4) is 0 Å². The lowest BCUT2D eigenvalue weighted by Gasteiger charge is -2.22. The molecule has 0 spiro atoms. The minimum absolute atomic E-state index is 0.0393. The van der Waals surface area contributed by atoms with Crippen LogP contribution >= 0.6 is 11.6 Å². The standard InChI is InChI=1S/C18H20ClFN2O/c1-11(14-5-4-6-16(9-14)22-13(3)23)21-12(2)17-8-7-15(20)10-18(17)19/h4-12,21H,1-3H3,(H,22,23). The molecule has 0 radical (unpaired) electrons. The van der Waals surface area contributed by atoms with Gasteiger partial charge in [0.05, 0.1) is 0 Å². The maximum absolute atomic E-state index is 13.1. The van der Waals surface area contributed by atoms with Gasteiger partial charge in [0.2, 0.25) is 5.91 Å². The first kappa shape index (κ1) is 17.4. The Morgan fingerprint density at radius 2 is 1.87 bits per heavy atom. The summed E-state index contributed by atoms with van der Waals surface area (Å²) in [5.74, 6) is -0.448. The van der Waals surface area contributed by atoms with Crippen molar-refractivity contribution in [1.29, 1.82) is 0 Å². The first-order valence-electron chi connectivity index (χ1n) is 7.45. The summed E-state index contributed by atoms with van der Waals surface area (Å²) in [7, 11) is 0. The monoisotopic (exact) mass is 334 g/mol. The van der Waals surface area contributed by atoms with Crippen LogP contribution in [0.2, 0.25) is 5.02 Å². The van der Waals surface area contributed by atoms with E-state index in [1.807, 2.05) is 38.1 Å². The molecule has 0 aliphatic rings. The molecule has 2 atom stereocenters. The molecule has 0 saturated heterocycles. The number of nitrogens with one attached hydrogen (secondary N) is 2. The molecule has 0 aliphatic carbocycles. The van der Waals surface area contributed by atoms with E-state index in [4.69, 9.17) is 11.6 Å². The lowest BCUT2D eigenvalue weighted by atomic mass is 10.0. The Balaban J connectivity index is 2.11. The number of benzene rings is 2. The Labute approximate surface area is 140 Å². The third-order valence-corrected chi connectivity index (χ3v) is 3.96. The minimum Gasteiger partial charge on any atom is -0.326 e. The zero-order valence-electron chi connectivity index (χ0n) is 13.4. The van der Waals surface area contributed by atoms with E-state index in [0.29, 0.717) is 5.02 Å². The highest BCUT2D eigenvalue weighted by molar-refractivity contribution is 6.31. The van der Waals surface area contributed by atoms with Crippen LogP contribution in [0.5, 0.6) is 0 Å². The summed E-state index contributed by atoms with van der Waals surface area (Å²) >= 11 is 6.11. The molecule has 0 fully saturated rings. The molecule has 0 saturated carbocycles. The number of carbonyl (C=O) groups is 1. The fourth-order valence-corrected chi connectivity index (χ4v) is 2.83. The van der Waals surface area contributed by atoms with Crippen molar-refractivity contribution in [3.8, 4) is 0 Å². The highest BCUT2D eigenvalue weighted by atomic mass is 35.5. The van der Waals surface area contributed by atoms with Gasteiger partial charge in [-0.3, -0.25) is 4.79 Å². The quantitative estimate of drug-likeness (QED) is 0.820. The second kappa shape index (κ2) is 7.57. The van der Waals surface area contributed by atoms with Crippen molar-refractivity contribution in [2.75, 3.05) is 5.32 Å². The van der Waals surface area contributed by atoms with Crippen molar-refractivity contribution in [2.45, 2.75) is 32.9 Å². The van der Waals surface area contributed by atoms with E-state index in [9.17, 15) is 9.18 Å². The highest BCUT2D eigenvalue weighted by Gasteiger charge is 2.14. The summed E-state index contributed by atoms with van der Waals surface area (Å²) in [6, 6.07) is 12.1. The summed E-state index contributed by atoms with van der Waals surface area (Å²) < 4.78 is 13.1. The summed E-state index contributed by atoms with van der Waals surface area (Å²) in [4.78, 5) is 11.2. The van der Waals surface area contributed by atoms with E-state index in [1.54, 1.807) is 6.07 Å². The van der Waals surface area contributed by atoms with Crippen LogP contribution < -0.4 is 10.6 Å². The number of hydrogen-bond acceptors (Lipinski definition) is 2. The zero-order chi connectivity index (χ0) is 17.0. The van der Waals surface area contributed by atoms with Crippen LogP contribution in [0.1, 0.15) is 44.0 Å². The van der Waals surface area contributed by atoms with Gasteiger partial charge in [-0.2, -0.15) is 0 Å². The lowest BCUT2D eigenvalue weighted by Crippen LogP contribution is -2.23. The van der Waals surface area contributed by atoms with E-state index in [1.165, 1.54) is 19.1 Å². The molecular weight excluding hydrogens is 315 g/mol. The van der Waals surface area contributed by atoms with Crippen molar-refractivity contribution < 1.29 is 9.18 Å². The highest BCUT2D eigenvalue weighted by Crippen LogP contribution is 2.26. The zero-order valence-corrected chi connectivity index (χ0v) is 14.1. The van der Waals surface area contributed by atoms with Crippen LogP contribution in [0.25, 0.3) is 0 Å². The van der Waals surface area contributed by atoms with Crippen LogP contribution in [-0.2, 0) is 4.79 Å². The second-order valence-electron chi connectivity index (χ2n) is 5.58. The number of hydrogen-bond donors (Lipinski definition) is 2. The number of halogens is 2. The van der Waals surface area contributed by atoms with Crippen molar-refractivity contribution >= 4 is 23.2 Å². The molecule has 122 valence electrons. The van der Waals surface area contributed by atoms with Gasteiger partial charge in [-0.1, -0.05) is 29.8 Å². The van der Waals surface area contributed by atoms with Gasteiger partial charge in [0.25, 0.3) is 0 Å². The van der Waals surface area contributed by atoms with Crippen molar-refractivity contribution in [2.24, 2.45) is 0 Å². The van der Waals surface area contributed by atoms with E-state index >= 15 is 0 Å². The molecule has 0 heterocycles. The average molecular weight is 335 g/mol. The Kier molecular flexibility index (Phi) is 5.74. The van der Waals surface area contributed by atoms with Gasteiger partial charge in [0, 0.05) is 29.7 Å². The van der Waals surface area contributed by atoms with Gasteiger partial charge >= 0.3 is 0 Å². The summed E-state index contributed by atoms with van der Waals surface area (Å²) in [5, 5.41) is 6.61.